The molecule has 0 aliphatic carbocycles. The standard InChI is InChI=1S/C14H16N2O4S2/c17-6-8-10(18)11(19)9-12(22-8)13(20)16(14(21)15-9)7-4-2-1-3-5-7/h1-5,8-12,17-19H,6H2,(H,15,21)/t8-,9-,10-,11-,12+/m1/s1. The van der Waals surface area contributed by atoms with Crippen LogP contribution in [-0.4, -0.2) is 61.7 Å². The number of nitrogens with zero attached hydrogens (tertiary/aromatic N) is 1. The number of fused-ring (bicyclic) bond motifs is 1. The number of amides is 1. The van der Waals surface area contributed by atoms with Gasteiger partial charge >= 0.3 is 0 Å². The van der Waals surface area contributed by atoms with Crippen LogP contribution in [0.15, 0.2) is 30.3 Å². The number of hydrogen-bond acceptors (Lipinski definition) is 6. The second-order valence-electron chi connectivity index (χ2n) is 5.24. The molecule has 2 heterocycles. The van der Waals surface area contributed by atoms with Crippen LogP contribution in [0.1, 0.15) is 0 Å². The summed E-state index contributed by atoms with van der Waals surface area (Å²) < 4.78 is 0. The van der Waals surface area contributed by atoms with E-state index in [9.17, 15) is 20.1 Å². The van der Waals surface area contributed by atoms with Gasteiger partial charge in [0.1, 0.15) is 11.4 Å². The van der Waals surface area contributed by atoms with Gasteiger partial charge in [0.15, 0.2) is 5.11 Å². The summed E-state index contributed by atoms with van der Waals surface area (Å²) in [6.45, 7) is -0.310. The van der Waals surface area contributed by atoms with Crippen molar-refractivity contribution in [1.29, 1.82) is 0 Å². The molecule has 4 N–H and O–H groups in total. The van der Waals surface area contributed by atoms with Crippen LogP contribution in [0.5, 0.6) is 0 Å². The molecule has 0 aromatic heterocycles. The molecule has 2 aliphatic rings. The number of nitrogens with one attached hydrogen (secondary N) is 1. The second-order valence-corrected chi connectivity index (χ2v) is 7.02. The Morgan fingerprint density at radius 2 is 1.91 bits per heavy atom. The molecule has 1 amide bonds. The van der Waals surface area contributed by atoms with E-state index >= 15 is 0 Å². The topological polar surface area (TPSA) is 93.0 Å². The Bertz CT molecular complexity index is 585. The first-order chi connectivity index (χ1) is 10.5. The molecule has 2 saturated heterocycles. The Labute approximate surface area is 137 Å². The number of hydrogen-bond donors (Lipinski definition) is 4. The van der Waals surface area contributed by atoms with Crippen LogP contribution in [0.2, 0.25) is 0 Å². The van der Waals surface area contributed by atoms with Crippen molar-refractivity contribution in [2.75, 3.05) is 11.5 Å². The Kier molecular flexibility index (Phi) is 4.37. The van der Waals surface area contributed by atoms with Crippen LogP contribution in [0.4, 0.5) is 5.69 Å². The van der Waals surface area contributed by atoms with Crippen LogP contribution in [0.3, 0.4) is 0 Å². The third kappa shape index (κ3) is 2.50. The lowest BCUT2D eigenvalue weighted by Crippen LogP contribution is -2.70. The van der Waals surface area contributed by atoms with E-state index in [4.69, 9.17) is 12.2 Å². The van der Waals surface area contributed by atoms with Crippen molar-refractivity contribution in [3.63, 3.8) is 0 Å². The van der Waals surface area contributed by atoms with Crippen LogP contribution in [-0.2, 0) is 4.79 Å². The number of carbonyl (C=O) groups excluding carboxylic acids is 1. The maximum atomic E-state index is 12.8. The fraction of sp³-hybridized carbons (Fsp3) is 0.429. The SMILES string of the molecule is O=C1[C@H]2S[C@H](CO)[C@@H](O)[C@H](O)[C@H]2NC(=S)N1c1ccccc1. The van der Waals surface area contributed by atoms with E-state index in [2.05, 4.69) is 5.32 Å². The van der Waals surface area contributed by atoms with Crippen molar-refractivity contribution >= 4 is 40.7 Å². The lowest BCUT2D eigenvalue weighted by Gasteiger charge is -2.47. The predicted molar refractivity (Wildman–Crippen MR) is 87.7 cm³/mol. The maximum absolute atomic E-state index is 12.8. The second kappa shape index (κ2) is 6.13. The van der Waals surface area contributed by atoms with E-state index in [1.807, 2.05) is 6.07 Å². The summed E-state index contributed by atoms with van der Waals surface area (Å²) >= 11 is 6.41. The summed E-state index contributed by atoms with van der Waals surface area (Å²) in [5.74, 6) is -0.255. The lowest BCUT2D eigenvalue weighted by atomic mass is 9.96. The molecule has 2 aliphatic heterocycles. The molecule has 0 bridgehead atoms. The van der Waals surface area contributed by atoms with Crippen LogP contribution in [0, 0.1) is 0 Å². The minimum Gasteiger partial charge on any atom is -0.395 e. The highest BCUT2D eigenvalue weighted by Gasteiger charge is 2.51. The molecular formula is C14H16N2O4S2. The number of benzene rings is 1. The van der Waals surface area contributed by atoms with Crippen molar-refractivity contribution in [2.45, 2.75) is 28.7 Å². The zero-order valence-electron chi connectivity index (χ0n) is 11.5. The number of carbonyl (C=O) groups is 1. The molecule has 5 atom stereocenters. The van der Waals surface area contributed by atoms with E-state index in [1.54, 1.807) is 24.3 Å². The van der Waals surface area contributed by atoms with Crippen molar-refractivity contribution in [1.82, 2.24) is 5.32 Å². The first-order valence-corrected chi connectivity index (χ1v) is 8.21. The number of thioether (sulfide) groups is 1. The highest BCUT2D eigenvalue weighted by atomic mass is 32.2. The normalized spacial score (nSPS) is 35.0. The van der Waals surface area contributed by atoms with Gasteiger partial charge in [-0.15, -0.1) is 11.8 Å². The van der Waals surface area contributed by atoms with Gasteiger partial charge in [0.25, 0.3) is 0 Å². The van der Waals surface area contributed by atoms with Gasteiger partial charge in [0.2, 0.25) is 5.91 Å². The number of aliphatic hydroxyl groups is 3. The lowest BCUT2D eigenvalue weighted by molar-refractivity contribution is -0.120. The molecule has 22 heavy (non-hydrogen) atoms. The number of thiocarbonyl (C=S) groups is 1. The van der Waals surface area contributed by atoms with Crippen LogP contribution in [0.25, 0.3) is 0 Å². The van der Waals surface area contributed by atoms with E-state index in [-0.39, 0.29) is 17.6 Å². The fourth-order valence-electron chi connectivity index (χ4n) is 2.74. The average molecular weight is 340 g/mol. The van der Waals surface area contributed by atoms with Crippen LogP contribution >= 0.6 is 24.0 Å². The number of aliphatic hydroxyl groups excluding tert-OH is 3. The van der Waals surface area contributed by atoms with Gasteiger partial charge in [-0.25, -0.2) is 0 Å². The Hall–Kier alpha value is -1.19. The van der Waals surface area contributed by atoms with E-state index in [0.29, 0.717) is 5.69 Å². The highest BCUT2D eigenvalue weighted by Crippen LogP contribution is 2.36. The molecule has 0 radical (unpaired) electrons. The molecule has 0 saturated carbocycles. The van der Waals surface area contributed by atoms with Crippen molar-refractivity contribution in [3.05, 3.63) is 30.3 Å². The van der Waals surface area contributed by atoms with Gasteiger partial charge in [-0.1, -0.05) is 18.2 Å². The summed E-state index contributed by atoms with van der Waals surface area (Å²) in [6, 6.07) is 8.33. The Balaban J connectivity index is 1.91. The summed E-state index contributed by atoms with van der Waals surface area (Å²) in [5, 5.41) is 31.4. The van der Waals surface area contributed by atoms with E-state index in [1.165, 1.54) is 4.90 Å². The first-order valence-electron chi connectivity index (χ1n) is 6.86. The van der Waals surface area contributed by atoms with Gasteiger partial charge in [0, 0.05) is 0 Å². The zero-order chi connectivity index (χ0) is 15.9. The molecule has 2 fully saturated rings. The van der Waals surface area contributed by atoms with Crippen molar-refractivity contribution in [2.24, 2.45) is 0 Å². The molecule has 1 aromatic rings. The summed E-state index contributed by atoms with van der Waals surface area (Å²) in [6.07, 6.45) is -2.27. The zero-order valence-corrected chi connectivity index (χ0v) is 13.1. The molecule has 118 valence electrons. The molecule has 3 rings (SSSR count). The van der Waals surface area contributed by atoms with Gasteiger partial charge in [-0.05, 0) is 24.4 Å². The minimum atomic E-state index is -1.16. The Morgan fingerprint density at radius 1 is 1.23 bits per heavy atom. The molecule has 1 aromatic carbocycles. The fourth-order valence-corrected chi connectivity index (χ4v) is 4.48. The smallest absolute Gasteiger partial charge is 0.248 e. The maximum Gasteiger partial charge on any atom is 0.248 e. The third-order valence-corrected chi connectivity index (χ3v) is 5.76. The van der Waals surface area contributed by atoms with Gasteiger partial charge < -0.3 is 20.6 Å². The number of anilines is 1. The predicted octanol–water partition coefficient (Wildman–Crippen LogP) is -0.526. The van der Waals surface area contributed by atoms with Gasteiger partial charge in [-0.2, -0.15) is 0 Å². The molecule has 8 heteroatoms. The molecule has 0 unspecified atom stereocenters. The molecular weight excluding hydrogens is 324 g/mol. The van der Waals surface area contributed by atoms with Crippen molar-refractivity contribution in [3.8, 4) is 0 Å². The number of rotatable bonds is 2. The largest absolute Gasteiger partial charge is 0.395 e. The Morgan fingerprint density at radius 3 is 2.55 bits per heavy atom. The molecule has 0 spiro atoms. The summed E-state index contributed by atoms with van der Waals surface area (Å²) in [4.78, 5) is 14.2. The highest BCUT2D eigenvalue weighted by molar-refractivity contribution is 8.01. The quantitative estimate of drug-likeness (QED) is 0.538. The first kappa shape index (κ1) is 15.7. The average Bonchev–Trinajstić information content (AvgIpc) is 2.52. The van der Waals surface area contributed by atoms with E-state index in [0.717, 1.165) is 11.8 Å². The summed E-state index contributed by atoms with van der Waals surface area (Å²) in [7, 11) is 0. The van der Waals surface area contributed by atoms with Gasteiger partial charge in [0.05, 0.1) is 29.7 Å². The van der Waals surface area contributed by atoms with Crippen LogP contribution < -0.4 is 10.2 Å². The van der Waals surface area contributed by atoms with Crippen molar-refractivity contribution < 1.29 is 20.1 Å². The number of para-hydroxylation sites is 1. The summed E-state index contributed by atoms with van der Waals surface area (Å²) in [5.41, 5.74) is 0.644. The third-order valence-electron chi connectivity index (χ3n) is 3.90. The monoisotopic (exact) mass is 340 g/mol. The van der Waals surface area contributed by atoms with Gasteiger partial charge in [-0.3, -0.25) is 9.69 Å². The van der Waals surface area contributed by atoms with E-state index < -0.39 is 28.7 Å². The molecule has 6 nitrogen and oxygen atoms in total. The minimum absolute atomic E-state index is 0.201.